The lowest BCUT2D eigenvalue weighted by Crippen LogP contribution is -2.52. The summed E-state index contributed by atoms with van der Waals surface area (Å²) in [7, 11) is 0. The van der Waals surface area contributed by atoms with Gasteiger partial charge < -0.3 is 15.0 Å². The van der Waals surface area contributed by atoms with Crippen LogP contribution in [0.3, 0.4) is 0 Å². The number of nitrogens with one attached hydrogen (secondary N) is 1. The molecule has 0 bridgehead atoms. The molecule has 0 aliphatic carbocycles. The minimum atomic E-state index is 0.115. The number of benzene rings is 1. The molecule has 1 amide bonds. The normalized spacial score (nSPS) is 18.9. The van der Waals surface area contributed by atoms with Gasteiger partial charge in [0.15, 0.2) is 0 Å². The number of piperazine rings is 1. The standard InChI is InChI=1S/C14H18Cl2N2O2/c1-10-9-17-5-6-18(10)14(19)4-7-20-13-3-2-11(15)8-12(13)16/h2-3,8,10,17H,4-7,9H2,1H3/t10-/m1/s1. The van der Waals surface area contributed by atoms with E-state index in [1.807, 2.05) is 11.8 Å². The minimum absolute atomic E-state index is 0.115. The zero-order valence-corrected chi connectivity index (χ0v) is 12.9. The van der Waals surface area contributed by atoms with Crippen molar-refractivity contribution < 1.29 is 9.53 Å². The first-order chi connectivity index (χ1) is 9.58. The Hall–Kier alpha value is -0.970. The number of halogens is 2. The van der Waals surface area contributed by atoms with Gasteiger partial charge in [-0.15, -0.1) is 0 Å². The Kier molecular flexibility index (Phi) is 5.52. The van der Waals surface area contributed by atoms with Crippen molar-refractivity contribution in [3.05, 3.63) is 28.2 Å². The number of amides is 1. The molecule has 1 aliphatic heterocycles. The van der Waals surface area contributed by atoms with E-state index in [1.165, 1.54) is 0 Å². The molecule has 0 radical (unpaired) electrons. The molecule has 1 aliphatic rings. The van der Waals surface area contributed by atoms with Crippen LogP contribution in [0.15, 0.2) is 18.2 Å². The summed E-state index contributed by atoms with van der Waals surface area (Å²) >= 11 is 11.8. The third-order valence-corrected chi connectivity index (χ3v) is 3.82. The van der Waals surface area contributed by atoms with E-state index in [0.29, 0.717) is 28.8 Å². The lowest BCUT2D eigenvalue weighted by molar-refractivity contribution is -0.134. The first-order valence-corrected chi connectivity index (χ1v) is 7.41. The van der Waals surface area contributed by atoms with Gasteiger partial charge in [0.25, 0.3) is 0 Å². The molecular formula is C14H18Cl2N2O2. The van der Waals surface area contributed by atoms with E-state index in [-0.39, 0.29) is 11.9 Å². The third kappa shape index (κ3) is 4.01. The van der Waals surface area contributed by atoms with Crippen molar-refractivity contribution in [3.8, 4) is 5.75 Å². The van der Waals surface area contributed by atoms with Crippen molar-refractivity contribution in [2.45, 2.75) is 19.4 Å². The van der Waals surface area contributed by atoms with Crippen LogP contribution in [-0.4, -0.2) is 43.1 Å². The van der Waals surface area contributed by atoms with Crippen LogP contribution in [-0.2, 0) is 4.79 Å². The molecule has 2 rings (SSSR count). The highest BCUT2D eigenvalue weighted by atomic mass is 35.5. The SMILES string of the molecule is C[C@@H]1CNCCN1C(=O)CCOc1ccc(Cl)cc1Cl. The maximum absolute atomic E-state index is 12.1. The third-order valence-electron chi connectivity index (χ3n) is 3.29. The second kappa shape index (κ2) is 7.16. The molecular weight excluding hydrogens is 299 g/mol. The van der Waals surface area contributed by atoms with Crippen LogP contribution in [0.5, 0.6) is 5.75 Å². The molecule has 1 saturated heterocycles. The van der Waals surface area contributed by atoms with Gasteiger partial charge in [-0.3, -0.25) is 4.79 Å². The summed E-state index contributed by atoms with van der Waals surface area (Å²) in [5.74, 6) is 0.668. The van der Waals surface area contributed by atoms with E-state index in [4.69, 9.17) is 27.9 Å². The Morgan fingerprint density at radius 3 is 3.00 bits per heavy atom. The molecule has 0 saturated carbocycles. The van der Waals surface area contributed by atoms with Crippen LogP contribution in [0, 0.1) is 0 Å². The van der Waals surface area contributed by atoms with E-state index in [1.54, 1.807) is 18.2 Å². The number of ether oxygens (including phenoxy) is 1. The van der Waals surface area contributed by atoms with Crippen LogP contribution < -0.4 is 10.1 Å². The maximum Gasteiger partial charge on any atom is 0.226 e. The van der Waals surface area contributed by atoms with Crippen molar-refractivity contribution in [1.82, 2.24) is 10.2 Å². The van der Waals surface area contributed by atoms with Crippen molar-refractivity contribution in [2.24, 2.45) is 0 Å². The van der Waals surface area contributed by atoms with Crippen molar-refractivity contribution in [1.29, 1.82) is 0 Å². The van der Waals surface area contributed by atoms with E-state index in [0.717, 1.165) is 19.6 Å². The smallest absolute Gasteiger partial charge is 0.226 e. The summed E-state index contributed by atoms with van der Waals surface area (Å²) < 4.78 is 5.53. The number of hydrogen-bond donors (Lipinski definition) is 1. The molecule has 1 atom stereocenters. The number of carbonyl (C=O) groups excluding carboxylic acids is 1. The summed E-state index contributed by atoms with van der Waals surface area (Å²) in [5, 5.41) is 4.28. The number of nitrogens with zero attached hydrogens (tertiary/aromatic N) is 1. The summed E-state index contributed by atoms with van der Waals surface area (Å²) in [5.41, 5.74) is 0. The van der Waals surface area contributed by atoms with Gasteiger partial charge in [0.2, 0.25) is 5.91 Å². The van der Waals surface area contributed by atoms with Crippen LogP contribution in [0.4, 0.5) is 0 Å². The zero-order chi connectivity index (χ0) is 14.5. The molecule has 1 heterocycles. The van der Waals surface area contributed by atoms with Crippen molar-refractivity contribution in [3.63, 3.8) is 0 Å². The van der Waals surface area contributed by atoms with Crippen molar-refractivity contribution in [2.75, 3.05) is 26.2 Å². The summed E-state index contributed by atoms with van der Waals surface area (Å²) in [6, 6.07) is 5.28. The number of carbonyl (C=O) groups is 1. The molecule has 1 aromatic rings. The highest BCUT2D eigenvalue weighted by molar-refractivity contribution is 6.35. The van der Waals surface area contributed by atoms with Gasteiger partial charge >= 0.3 is 0 Å². The molecule has 1 fully saturated rings. The van der Waals surface area contributed by atoms with Gasteiger partial charge in [-0.25, -0.2) is 0 Å². The average molecular weight is 317 g/mol. The average Bonchev–Trinajstić information content (AvgIpc) is 2.41. The van der Waals surface area contributed by atoms with Crippen molar-refractivity contribution >= 4 is 29.1 Å². The van der Waals surface area contributed by atoms with Gasteiger partial charge in [-0.2, -0.15) is 0 Å². The van der Waals surface area contributed by atoms with Crippen LogP contribution in [0.1, 0.15) is 13.3 Å². The molecule has 0 unspecified atom stereocenters. The Morgan fingerprint density at radius 1 is 1.50 bits per heavy atom. The Labute approximate surface area is 129 Å². The largest absolute Gasteiger partial charge is 0.491 e. The van der Waals surface area contributed by atoms with E-state index >= 15 is 0 Å². The van der Waals surface area contributed by atoms with Crippen LogP contribution >= 0.6 is 23.2 Å². The molecule has 1 aromatic carbocycles. The van der Waals surface area contributed by atoms with Gasteiger partial charge in [-0.1, -0.05) is 23.2 Å². The predicted octanol–water partition coefficient (Wildman–Crippen LogP) is 2.58. The van der Waals surface area contributed by atoms with Crippen LogP contribution in [0.2, 0.25) is 10.0 Å². The van der Waals surface area contributed by atoms with Gasteiger partial charge in [-0.05, 0) is 25.1 Å². The molecule has 4 nitrogen and oxygen atoms in total. The fourth-order valence-electron chi connectivity index (χ4n) is 2.20. The van der Waals surface area contributed by atoms with Gasteiger partial charge in [0.1, 0.15) is 5.75 Å². The Morgan fingerprint density at radius 2 is 2.30 bits per heavy atom. The van der Waals surface area contributed by atoms with E-state index in [2.05, 4.69) is 5.32 Å². The molecule has 1 N–H and O–H groups in total. The first kappa shape index (κ1) is 15.4. The summed E-state index contributed by atoms with van der Waals surface area (Å²) in [4.78, 5) is 14.0. The fourth-order valence-corrected chi connectivity index (χ4v) is 2.66. The Balaban J connectivity index is 1.81. The number of hydrogen-bond acceptors (Lipinski definition) is 3. The van der Waals surface area contributed by atoms with E-state index < -0.39 is 0 Å². The highest BCUT2D eigenvalue weighted by Crippen LogP contribution is 2.27. The van der Waals surface area contributed by atoms with Crippen LogP contribution in [0.25, 0.3) is 0 Å². The summed E-state index contributed by atoms with van der Waals surface area (Å²) in [6.45, 7) is 4.80. The molecule has 0 spiro atoms. The first-order valence-electron chi connectivity index (χ1n) is 6.66. The van der Waals surface area contributed by atoms with E-state index in [9.17, 15) is 4.79 Å². The second-order valence-electron chi connectivity index (χ2n) is 4.81. The zero-order valence-electron chi connectivity index (χ0n) is 11.4. The Bertz CT molecular complexity index is 482. The molecule has 110 valence electrons. The van der Waals surface area contributed by atoms with Gasteiger partial charge in [0, 0.05) is 30.7 Å². The molecule has 0 aromatic heterocycles. The lowest BCUT2D eigenvalue weighted by atomic mass is 10.2. The monoisotopic (exact) mass is 316 g/mol. The lowest BCUT2D eigenvalue weighted by Gasteiger charge is -2.34. The van der Waals surface area contributed by atoms with Gasteiger partial charge in [0.05, 0.1) is 18.1 Å². The quantitative estimate of drug-likeness (QED) is 0.928. The topological polar surface area (TPSA) is 41.6 Å². The predicted molar refractivity (Wildman–Crippen MR) is 80.6 cm³/mol. The molecule has 20 heavy (non-hydrogen) atoms. The number of rotatable bonds is 4. The molecule has 6 heteroatoms. The highest BCUT2D eigenvalue weighted by Gasteiger charge is 2.22. The fraction of sp³-hybridized carbons (Fsp3) is 0.500. The summed E-state index contributed by atoms with van der Waals surface area (Å²) in [6.07, 6.45) is 0.350. The second-order valence-corrected chi connectivity index (χ2v) is 5.66. The minimum Gasteiger partial charge on any atom is -0.491 e. The maximum atomic E-state index is 12.1.